The van der Waals surface area contributed by atoms with Crippen LogP contribution in [0.15, 0.2) is 11.6 Å². The zero-order valence-corrected chi connectivity index (χ0v) is 23.0. The third kappa shape index (κ3) is 4.42. The van der Waals surface area contributed by atoms with E-state index in [0.29, 0.717) is 24.7 Å². The van der Waals surface area contributed by atoms with Crippen molar-refractivity contribution in [3.05, 3.63) is 11.6 Å². The molecule has 200 valence electrons. The first-order valence-electron chi connectivity index (χ1n) is 14.2. The van der Waals surface area contributed by atoms with Gasteiger partial charge >= 0.3 is 5.97 Å². The zero-order valence-electron chi connectivity index (χ0n) is 23.0. The Morgan fingerprint density at radius 3 is 2.46 bits per heavy atom. The summed E-state index contributed by atoms with van der Waals surface area (Å²) in [5, 5.41) is 33.9. The maximum atomic E-state index is 12.4. The molecule has 0 spiro atoms. The van der Waals surface area contributed by atoms with Crippen LogP contribution in [0, 0.1) is 52.3 Å². The third-order valence-corrected chi connectivity index (χ3v) is 11.4. The first-order valence-corrected chi connectivity index (χ1v) is 14.2. The highest BCUT2D eigenvalue weighted by Crippen LogP contribution is 2.68. The van der Waals surface area contributed by atoms with E-state index in [1.807, 2.05) is 0 Å². The smallest absolute Gasteiger partial charge is 0.303 e. The standard InChI is InChI=1S/C30H50O5/c1-16(2)17(3)8-9-18(4)25-24(33)15-23-22-11-10-20-14-21(32)12-13-29(20,6)26(22)27(34)28(30(23,25)7)35-19(5)31/h10,16-18,21-28,32-34H,8-9,11-15H2,1-7H3. The van der Waals surface area contributed by atoms with Gasteiger partial charge in [0.25, 0.3) is 0 Å². The van der Waals surface area contributed by atoms with E-state index in [4.69, 9.17) is 4.74 Å². The van der Waals surface area contributed by atoms with Crippen LogP contribution < -0.4 is 0 Å². The van der Waals surface area contributed by atoms with Crippen LogP contribution in [0.25, 0.3) is 0 Å². The molecule has 0 radical (unpaired) electrons. The SMILES string of the molecule is CC(=O)OC1C(O)C2C(CC=C3CC(O)CCC32C)C2CC(O)C(C(C)CCC(C)C(C)C)C21C. The number of carbonyl (C=O) groups is 1. The molecule has 0 aliphatic heterocycles. The van der Waals surface area contributed by atoms with Crippen molar-refractivity contribution >= 4 is 5.97 Å². The van der Waals surface area contributed by atoms with Crippen LogP contribution in [-0.4, -0.2) is 45.7 Å². The summed E-state index contributed by atoms with van der Waals surface area (Å²) < 4.78 is 6.04. The summed E-state index contributed by atoms with van der Waals surface area (Å²) >= 11 is 0. The molecule has 12 unspecified atom stereocenters. The molecule has 35 heavy (non-hydrogen) atoms. The maximum absolute atomic E-state index is 12.4. The van der Waals surface area contributed by atoms with Crippen LogP contribution in [0.1, 0.15) is 93.4 Å². The van der Waals surface area contributed by atoms with Gasteiger partial charge in [-0.1, -0.05) is 66.0 Å². The number of hydrogen-bond acceptors (Lipinski definition) is 5. The lowest BCUT2D eigenvalue weighted by atomic mass is 9.45. The van der Waals surface area contributed by atoms with Crippen LogP contribution in [0.5, 0.6) is 0 Å². The molecule has 4 rings (SSSR count). The lowest BCUT2D eigenvalue weighted by Crippen LogP contribution is -2.65. The van der Waals surface area contributed by atoms with Crippen molar-refractivity contribution in [2.45, 2.75) is 118 Å². The predicted octanol–water partition coefficient (Wildman–Crippen LogP) is 5.12. The Morgan fingerprint density at radius 1 is 1.14 bits per heavy atom. The van der Waals surface area contributed by atoms with Crippen molar-refractivity contribution in [2.75, 3.05) is 0 Å². The second-order valence-corrected chi connectivity index (χ2v) is 13.6. The molecule has 5 heteroatoms. The summed E-state index contributed by atoms with van der Waals surface area (Å²) in [7, 11) is 0. The minimum Gasteiger partial charge on any atom is -0.459 e. The number of aliphatic hydroxyl groups is 3. The van der Waals surface area contributed by atoms with E-state index in [0.717, 1.165) is 32.1 Å². The normalized spacial score (nSPS) is 46.8. The molecule has 0 aromatic rings. The summed E-state index contributed by atoms with van der Waals surface area (Å²) in [5.41, 5.74) is 0.581. The molecule has 0 bridgehead atoms. The van der Waals surface area contributed by atoms with Gasteiger partial charge < -0.3 is 20.1 Å². The maximum Gasteiger partial charge on any atom is 0.303 e. The van der Waals surface area contributed by atoms with E-state index in [1.165, 1.54) is 12.5 Å². The highest BCUT2D eigenvalue weighted by molar-refractivity contribution is 5.66. The summed E-state index contributed by atoms with van der Waals surface area (Å²) in [6.45, 7) is 15.0. The topological polar surface area (TPSA) is 87.0 Å². The molecular weight excluding hydrogens is 440 g/mol. The van der Waals surface area contributed by atoms with Gasteiger partial charge in [0.15, 0.2) is 0 Å². The number of aliphatic hydroxyl groups excluding tert-OH is 3. The summed E-state index contributed by atoms with van der Waals surface area (Å²) in [6, 6.07) is 0. The molecule has 5 nitrogen and oxygen atoms in total. The molecule has 4 aliphatic rings. The average Bonchev–Trinajstić information content (AvgIpc) is 3.05. The summed E-state index contributed by atoms with van der Waals surface area (Å²) in [5.74, 6) is 1.55. The number of esters is 1. The number of fused-ring (bicyclic) bond motifs is 5. The fourth-order valence-corrected chi connectivity index (χ4v) is 9.18. The van der Waals surface area contributed by atoms with Gasteiger partial charge in [-0.15, -0.1) is 0 Å². The highest BCUT2D eigenvalue weighted by Gasteiger charge is 2.69. The van der Waals surface area contributed by atoms with Gasteiger partial charge in [-0.25, -0.2) is 0 Å². The van der Waals surface area contributed by atoms with Gasteiger partial charge in [0, 0.05) is 18.3 Å². The first kappa shape index (κ1) is 27.1. The van der Waals surface area contributed by atoms with Crippen LogP contribution in [0.2, 0.25) is 0 Å². The van der Waals surface area contributed by atoms with E-state index >= 15 is 0 Å². The van der Waals surface area contributed by atoms with Crippen molar-refractivity contribution < 1.29 is 24.9 Å². The van der Waals surface area contributed by atoms with Crippen molar-refractivity contribution in [2.24, 2.45) is 52.3 Å². The second kappa shape index (κ2) is 9.76. The summed E-state index contributed by atoms with van der Waals surface area (Å²) in [4.78, 5) is 12.4. The lowest BCUT2D eigenvalue weighted by Gasteiger charge is -2.62. The Bertz CT molecular complexity index is 822. The molecule has 3 fully saturated rings. The van der Waals surface area contributed by atoms with E-state index in [9.17, 15) is 20.1 Å². The Hall–Kier alpha value is -0.910. The monoisotopic (exact) mass is 490 g/mol. The molecule has 0 aromatic heterocycles. The van der Waals surface area contributed by atoms with Crippen LogP contribution >= 0.6 is 0 Å². The van der Waals surface area contributed by atoms with Crippen LogP contribution in [0.4, 0.5) is 0 Å². The van der Waals surface area contributed by atoms with Gasteiger partial charge in [0.05, 0.1) is 18.3 Å². The molecular formula is C30H50O5. The predicted molar refractivity (Wildman–Crippen MR) is 137 cm³/mol. The number of hydrogen-bond donors (Lipinski definition) is 3. The Morgan fingerprint density at radius 2 is 1.83 bits per heavy atom. The zero-order chi connectivity index (χ0) is 25.9. The van der Waals surface area contributed by atoms with E-state index in [1.54, 1.807) is 0 Å². The largest absolute Gasteiger partial charge is 0.459 e. The van der Waals surface area contributed by atoms with Crippen molar-refractivity contribution in [3.8, 4) is 0 Å². The van der Waals surface area contributed by atoms with E-state index < -0.39 is 23.7 Å². The lowest BCUT2D eigenvalue weighted by molar-refractivity contribution is -0.222. The van der Waals surface area contributed by atoms with Gasteiger partial charge in [-0.05, 0) is 73.0 Å². The van der Waals surface area contributed by atoms with Gasteiger partial charge in [0.2, 0.25) is 0 Å². The molecule has 4 aliphatic carbocycles. The average molecular weight is 491 g/mol. The number of carbonyl (C=O) groups excluding carboxylic acids is 1. The highest BCUT2D eigenvalue weighted by atomic mass is 16.6. The fraction of sp³-hybridized carbons (Fsp3) is 0.900. The minimum absolute atomic E-state index is 0.0156. The van der Waals surface area contributed by atoms with Gasteiger partial charge in [-0.3, -0.25) is 4.79 Å². The summed E-state index contributed by atoms with van der Waals surface area (Å²) in [6.07, 6.45) is 6.12. The van der Waals surface area contributed by atoms with Crippen LogP contribution in [0.3, 0.4) is 0 Å². The fourth-order valence-electron chi connectivity index (χ4n) is 9.18. The molecule has 0 aromatic carbocycles. The second-order valence-electron chi connectivity index (χ2n) is 13.6. The van der Waals surface area contributed by atoms with Gasteiger partial charge in [0.1, 0.15) is 6.10 Å². The van der Waals surface area contributed by atoms with E-state index in [2.05, 4.69) is 47.6 Å². The van der Waals surface area contributed by atoms with Crippen molar-refractivity contribution in [1.29, 1.82) is 0 Å². The molecule has 0 amide bonds. The van der Waals surface area contributed by atoms with Crippen LogP contribution in [-0.2, 0) is 9.53 Å². The van der Waals surface area contributed by atoms with Crippen molar-refractivity contribution in [1.82, 2.24) is 0 Å². The molecule has 3 N–H and O–H groups in total. The van der Waals surface area contributed by atoms with Crippen molar-refractivity contribution in [3.63, 3.8) is 0 Å². The molecule has 0 saturated heterocycles. The molecule has 0 heterocycles. The quantitative estimate of drug-likeness (QED) is 0.355. The first-order chi connectivity index (χ1) is 16.3. The third-order valence-electron chi connectivity index (χ3n) is 11.4. The Kier molecular flexibility index (Phi) is 7.57. The van der Waals surface area contributed by atoms with E-state index in [-0.39, 0.29) is 47.1 Å². The molecule has 12 atom stereocenters. The Labute approximate surface area is 212 Å². The minimum atomic E-state index is -0.774. The number of ether oxygens (including phenoxy) is 1. The van der Waals surface area contributed by atoms with Gasteiger partial charge in [-0.2, -0.15) is 0 Å². The molecule has 3 saturated carbocycles. The number of allylic oxidation sites excluding steroid dienone is 1. The Balaban J connectivity index is 1.71. The number of rotatable bonds is 6.